The molecule has 0 aromatic carbocycles. The smallest absolute Gasteiger partial charge is 0.0261 e. The van der Waals surface area contributed by atoms with Crippen molar-refractivity contribution in [2.24, 2.45) is 22.7 Å². The van der Waals surface area contributed by atoms with Crippen LogP contribution in [0.5, 0.6) is 0 Å². The summed E-state index contributed by atoms with van der Waals surface area (Å²) in [5.74, 6) is 2.10. The minimum absolute atomic E-state index is 0.546. The first kappa shape index (κ1) is 10.5. The third-order valence-electron chi connectivity index (χ3n) is 4.85. The lowest BCUT2D eigenvalue weighted by Crippen LogP contribution is -2.34. The van der Waals surface area contributed by atoms with Crippen molar-refractivity contribution in [3.05, 3.63) is 0 Å². The summed E-state index contributed by atoms with van der Waals surface area (Å²) in [5.41, 5.74) is 1.31. The minimum atomic E-state index is 0.546. The molecule has 0 saturated heterocycles. The van der Waals surface area contributed by atoms with Gasteiger partial charge in [0, 0.05) is 0 Å². The molecule has 2 fully saturated rings. The summed E-state index contributed by atoms with van der Waals surface area (Å²) in [5, 5.41) is 0. The molecule has 0 amide bonds. The first-order chi connectivity index (χ1) is 6.48. The summed E-state index contributed by atoms with van der Waals surface area (Å²) < 4.78 is 0. The van der Waals surface area contributed by atoms with Crippen molar-refractivity contribution >= 4 is 0 Å². The van der Waals surface area contributed by atoms with Crippen LogP contribution < -0.4 is 0 Å². The SMILES string of the molecule is CCCC12CCC(CC1C(C)(C)C)C2. The van der Waals surface area contributed by atoms with E-state index >= 15 is 0 Å². The van der Waals surface area contributed by atoms with Crippen LogP contribution in [0.2, 0.25) is 0 Å². The zero-order valence-electron chi connectivity index (χ0n) is 10.4. The quantitative estimate of drug-likeness (QED) is 0.601. The van der Waals surface area contributed by atoms with E-state index in [0.717, 1.165) is 17.3 Å². The average Bonchev–Trinajstić information content (AvgIpc) is 2.59. The van der Waals surface area contributed by atoms with Gasteiger partial charge in [0.05, 0.1) is 0 Å². The van der Waals surface area contributed by atoms with Crippen LogP contribution >= 0.6 is 0 Å². The Balaban J connectivity index is 2.19. The van der Waals surface area contributed by atoms with Crippen molar-refractivity contribution in [3.8, 4) is 0 Å². The monoisotopic (exact) mass is 194 g/mol. The fourth-order valence-corrected chi connectivity index (χ4v) is 4.54. The van der Waals surface area contributed by atoms with Gasteiger partial charge in [-0.15, -0.1) is 0 Å². The van der Waals surface area contributed by atoms with Crippen molar-refractivity contribution in [2.75, 3.05) is 0 Å². The number of fused-ring (bicyclic) bond motifs is 2. The summed E-state index contributed by atoms with van der Waals surface area (Å²) in [4.78, 5) is 0. The third-order valence-corrected chi connectivity index (χ3v) is 4.85. The van der Waals surface area contributed by atoms with Gasteiger partial charge >= 0.3 is 0 Å². The Morgan fingerprint density at radius 1 is 1.29 bits per heavy atom. The van der Waals surface area contributed by atoms with Gasteiger partial charge in [-0.3, -0.25) is 0 Å². The van der Waals surface area contributed by atoms with Gasteiger partial charge in [0.15, 0.2) is 0 Å². The molecule has 2 saturated carbocycles. The second-order valence-corrected chi connectivity index (χ2v) is 6.88. The molecule has 0 spiro atoms. The number of hydrogen-bond acceptors (Lipinski definition) is 0. The molecular weight excluding hydrogens is 168 g/mol. The largest absolute Gasteiger partial charge is 0.0654 e. The first-order valence-corrected chi connectivity index (χ1v) is 6.48. The van der Waals surface area contributed by atoms with E-state index < -0.39 is 0 Å². The van der Waals surface area contributed by atoms with Crippen LogP contribution in [0.3, 0.4) is 0 Å². The highest BCUT2D eigenvalue weighted by atomic mass is 14.6. The van der Waals surface area contributed by atoms with Gasteiger partial charge in [-0.25, -0.2) is 0 Å². The highest BCUT2D eigenvalue weighted by Gasteiger charge is 2.54. The molecule has 0 aromatic heterocycles. The maximum absolute atomic E-state index is 2.45. The molecule has 0 radical (unpaired) electrons. The van der Waals surface area contributed by atoms with E-state index in [1.807, 2.05) is 0 Å². The lowest BCUT2D eigenvalue weighted by Gasteiger charge is -2.43. The molecule has 2 rings (SSSR count). The van der Waals surface area contributed by atoms with Crippen LogP contribution in [0.1, 0.15) is 66.2 Å². The third kappa shape index (κ3) is 1.51. The fraction of sp³-hybridized carbons (Fsp3) is 1.00. The van der Waals surface area contributed by atoms with Crippen LogP contribution in [0, 0.1) is 22.7 Å². The lowest BCUT2D eigenvalue weighted by molar-refractivity contribution is 0.0643. The molecule has 0 nitrogen and oxygen atoms in total. The molecule has 0 aromatic rings. The Morgan fingerprint density at radius 3 is 2.50 bits per heavy atom. The van der Waals surface area contributed by atoms with Gasteiger partial charge in [-0.05, 0) is 54.8 Å². The van der Waals surface area contributed by atoms with Crippen molar-refractivity contribution < 1.29 is 0 Å². The van der Waals surface area contributed by atoms with Crippen LogP contribution in [-0.2, 0) is 0 Å². The molecule has 0 heterocycles. The fourth-order valence-electron chi connectivity index (χ4n) is 4.54. The van der Waals surface area contributed by atoms with Crippen LogP contribution in [0.25, 0.3) is 0 Å². The van der Waals surface area contributed by atoms with Gasteiger partial charge < -0.3 is 0 Å². The summed E-state index contributed by atoms with van der Waals surface area (Å²) in [6.07, 6.45) is 9.04. The number of hydrogen-bond donors (Lipinski definition) is 0. The van der Waals surface area contributed by atoms with E-state index in [0.29, 0.717) is 5.41 Å². The second kappa shape index (κ2) is 3.25. The zero-order valence-corrected chi connectivity index (χ0v) is 10.4. The van der Waals surface area contributed by atoms with E-state index in [-0.39, 0.29) is 0 Å². The normalized spacial score (nSPS) is 42.0. The van der Waals surface area contributed by atoms with Gasteiger partial charge in [0.2, 0.25) is 0 Å². The van der Waals surface area contributed by atoms with Crippen molar-refractivity contribution in [3.63, 3.8) is 0 Å². The van der Waals surface area contributed by atoms with Crippen molar-refractivity contribution in [1.82, 2.24) is 0 Å². The molecule has 3 atom stereocenters. The van der Waals surface area contributed by atoms with Gasteiger partial charge in [0.1, 0.15) is 0 Å². The Labute approximate surface area is 89.5 Å². The Bertz CT molecular complexity index is 211. The lowest BCUT2D eigenvalue weighted by atomic mass is 9.62. The topological polar surface area (TPSA) is 0 Å². The second-order valence-electron chi connectivity index (χ2n) is 6.88. The van der Waals surface area contributed by atoms with Gasteiger partial charge in [-0.2, -0.15) is 0 Å². The number of rotatable bonds is 2. The van der Waals surface area contributed by atoms with Gasteiger partial charge in [-0.1, -0.05) is 34.1 Å². The van der Waals surface area contributed by atoms with E-state index in [4.69, 9.17) is 0 Å². The molecule has 0 N–H and O–H groups in total. The molecule has 3 unspecified atom stereocenters. The van der Waals surface area contributed by atoms with Crippen LogP contribution in [0.15, 0.2) is 0 Å². The molecular formula is C14H26. The van der Waals surface area contributed by atoms with Crippen LogP contribution in [-0.4, -0.2) is 0 Å². The Hall–Kier alpha value is 0. The van der Waals surface area contributed by atoms with Crippen molar-refractivity contribution in [2.45, 2.75) is 66.2 Å². The molecule has 2 aliphatic carbocycles. The van der Waals surface area contributed by atoms with E-state index in [9.17, 15) is 0 Å². The Kier molecular flexibility index (Phi) is 2.44. The predicted molar refractivity (Wildman–Crippen MR) is 62.2 cm³/mol. The standard InChI is InChI=1S/C14H26/c1-5-7-14-8-6-11(10-14)9-12(14)13(2,3)4/h11-12H,5-10H2,1-4H3. The summed E-state index contributed by atoms with van der Waals surface area (Å²) in [6, 6.07) is 0. The molecule has 14 heavy (non-hydrogen) atoms. The van der Waals surface area contributed by atoms with Crippen molar-refractivity contribution in [1.29, 1.82) is 0 Å². The van der Waals surface area contributed by atoms with Gasteiger partial charge in [0.25, 0.3) is 0 Å². The summed E-state index contributed by atoms with van der Waals surface area (Å²) >= 11 is 0. The minimum Gasteiger partial charge on any atom is -0.0654 e. The highest BCUT2D eigenvalue weighted by Crippen LogP contribution is 2.64. The van der Waals surface area contributed by atoms with E-state index in [1.54, 1.807) is 6.42 Å². The maximum atomic E-state index is 2.45. The van der Waals surface area contributed by atoms with E-state index in [2.05, 4.69) is 27.7 Å². The first-order valence-electron chi connectivity index (χ1n) is 6.48. The zero-order chi connectivity index (χ0) is 10.4. The van der Waals surface area contributed by atoms with Crippen LogP contribution in [0.4, 0.5) is 0 Å². The molecule has 0 heteroatoms. The summed E-state index contributed by atoms with van der Waals surface area (Å²) in [7, 11) is 0. The molecule has 82 valence electrons. The molecule has 2 aliphatic rings. The predicted octanol–water partition coefficient (Wildman–Crippen LogP) is 4.64. The highest BCUT2D eigenvalue weighted by molar-refractivity contribution is 5.04. The average molecular weight is 194 g/mol. The Morgan fingerprint density at radius 2 is 2.00 bits per heavy atom. The molecule has 2 bridgehead atoms. The maximum Gasteiger partial charge on any atom is -0.0261 e. The van der Waals surface area contributed by atoms with E-state index in [1.165, 1.54) is 32.1 Å². The molecule has 0 aliphatic heterocycles. The summed E-state index contributed by atoms with van der Waals surface area (Å²) in [6.45, 7) is 9.72.